The summed E-state index contributed by atoms with van der Waals surface area (Å²) in [6.07, 6.45) is -3.55. The standard InChI is InChI=1S/C26H22F5N3O2/c1-15(17-4-6-19(27)7-5-17)23(24(32)35)12-21-11-18-10-20(28)13-33-25(18)34(21)14-16-2-8-22(9-3-16)36-26(29,30)31/h2-11,13,15,23H,12,14H2,1H3,(H2,32,35)/t15-,23?/m1/s1. The number of primary amides is 1. The van der Waals surface area contributed by atoms with E-state index in [4.69, 9.17) is 5.73 Å². The summed E-state index contributed by atoms with van der Waals surface area (Å²) in [4.78, 5) is 16.6. The number of rotatable bonds is 8. The van der Waals surface area contributed by atoms with Crippen LogP contribution in [0.5, 0.6) is 5.75 Å². The molecule has 1 unspecified atom stereocenters. The number of amides is 1. The number of ether oxygens (including phenoxy) is 1. The van der Waals surface area contributed by atoms with Crippen molar-refractivity contribution in [1.82, 2.24) is 9.55 Å². The van der Waals surface area contributed by atoms with Gasteiger partial charge >= 0.3 is 6.36 Å². The Morgan fingerprint density at radius 1 is 1.03 bits per heavy atom. The summed E-state index contributed by atoms with van der Waals surface area (Å²) in [5, 5.41) is 0.500. The summed E-state index contributed by atoms with van der Waals surface area (Å²) in [5.74, 6) is -2.88. The van der Waals surface area contributed by atoms with Crippen molar-refractivity contribution in [2.45, 2.75) is 32.2 Å². The van der Waals surface area contributed by atoms with Gasteiger partial charge in [0, 0.05) is 23.5 Å². The number of hydrogen-bond acceptors (Lipinski definition) is 3. The minimum Gasteiger partial charge on any atom is -0.406 e. The van der Waals surface area contributed by atoms with Crippen LogP contribution in [0.3, 0.4) is 0 Å². The minimum absolute atomic E-state index is 0.182. The average Bonchev–Trinajstić information content (AvgIpc) is 3.13. The molecule has 0 saturated heterocycles. The van der Waals surface area contributed by atoms with Crippen molar-refractivity contribution in [3.05, 3.63) is 95.3 Å². The van der Waals surface area contributed by atoms with Gasteiger partial charge < -0.3 is 15.0 Å². The van der Waals surface area contributed by atoms with E-state index >= 15 is 0 Å². The number of alkyl halides is 3. The topological polar surface area (TPSA) is 70.1 Å². The molecule has 5 nitrogen and oxygen atoms in total. The number of carbonyl (C=O) groups is 1. The van der Waals surface area contributed by atoms with Crippen LogP contribution in [0.4, 0.5) is 22.0 Å². The molecule has 2 aromatic carbocycles. The maximum Gasteiger partial charge on any atom is 0.573 e. The number of nitrogens with two attached hydrogens (primary N) is 1. The molecule has 2 heterocycles. The number of carbonyl (C=O) groups excluding carboxylic acids is 1. The van der Waals surface area contributed by atoms with Gasteiger partial charge in [0.1, 0.15) is 23.0 Å². The molecule has 0 spiro atoms. The summed E-state index contributed by atoms with van der Waals surface area (Å²) >= 11 is 0. The Hall–Kier alpha value is -3.95. The minimum atomic E-state index is -4.80. The van der Waals surface area contributed by atoms with E-state index in [1.54, 1.807) is 22.8 Å². The van der Waals surface area contributed by atoms with E-state index in [0.717, 1.165) is 11.8 Å². The molecule has 0 aliphatic heterocycles. The van der Waals surface area contributed by atoms with Gasteiger partial charge in [0.05, 0.1) is 6.20 Å². The largest absolute Gasteiger partial charge is 0.573 e. The quantitative estimate of drug-likeness (QED) is 0.313. The first-order valence-electron chi connectivity index (χ1n) is 11.0. The van der Waals surface area contributed by atoms with E-state index in [9.17, 15) is 26.7 Å². The highest BCUT2D eigenvalue weighted by molar-refractivity contribution is 5.80. The molecular formula is C26H22F5N3O2. The van der Waals surface area contributed by atoms with Crippen molar-refractivity contribution >= 4 is 16.9 Å². The number of fused-ring (bicyclic) bond motifs is 1. The molecule has 0 aliphatic rings. The van der Waals surface area contributed by atoms with Crippen molar-refractivity contribution in [3.8, 4) is 5.75 Å². The van der Waals surface area contributed by atoms with E-state index in [-0.39, 0.29) is 24.6 Å². The zero-order chi connectivity index (χ0) is 26.0. The monoisotopic (exact) mass is 503 g/mol. The first kappa shape index (κ1) is 25.2. The predicted octanol–water partition coefficient (Wildman–Crippen LogP) is 5.71. The van der Waals surface area contributed by atoms with Gasteiger partial charge in [-0.2, -0.15) is 0 Å². The van der Waals surface area contributed by atoms with Gasteiger partial charge in [-0.3, -0.25) is 4.79 Å². The lowest BCUT2D eigenvalue weighted by Crippen LogP contribution is -2.30. The molecule has 10 heteroatoms. The highest BCUT2D eigenvalue weighted by Gasteiger charge is 2.31. The fraction of sp³-hybridized carbons (Fsp3) is 0.231. The molecule has 36 heavy (non-hydrogen) atoms. The fourth-order valence-electron chi connectivity index (χ4n) is 4.25. The molecule has 2 atom stereocenters. The predicted molar refractivity (Wildman–Crippen MR) is 123 cm³/mol. The number of benzene rings is 2. The number of nitrogens with zero attached hydrogens (tertiary/aromatic N) is 2. The van der Waals surface area contributed by atoms with Gasteiger partial charge in [-0.25, -0.2) is 13.8 Å². The van der Waals surface area contributed by atoms with Crippen LogP contribution in [0, 0.1) is 17.6 Å². The Kier molecular flexibility index (Phi) is 6.96. The molecule has 0 aliphatic carbocycles. The second-order valence-electron chi connectivity index (χ2n) is 8.53. The number of aromatic nitrogens is 2. The lowest BCUT2D eigenvalue weighted by atomic mass is 9.84. The maximum absolute atomic E-state index is 13.9. The maximum atomic E-state index is 13.9. The Labute approximate surface area is 203 Å². The first-order valence-corrected chi connectivity index (χ1v) is 11.0. The molecule has 0 bridgehead atoms. The fourth-order valence-corrected chi connectivity index (χ4v) is 4.25. The van der Waals surface area contributed by atoms with Crippen molar-refractivity contribution in [2.75, 3.05) is 0 Å². The highest BCUT2D eigenvalue weighted by atomic mass is 19.4. The van der Waals surface area contributed by atoms with E-state index in [0.29, 0.717) is 22.3 Å². The molecule has 4 aromatic rings. The third-order valence-electron chi connectivity index (χ3n) is 6.08. The summed E-state index contributed by atoms with van der Waals surface area (Å²) < 4.78 is 70.4. The lowest BCUT2D eigenvalue weighted by molar-refractivity contribution is -0.274. The molecule has 0 saturated carbocycles. The molecule has 0 fully saturated rings. The Bertz CT molecular complexity index is 1370. The van der Waals surface area contributed by atoms with Crippen molar-refractivity contribution < 1.29 is 31.5 Å². The molecular weight excluding hydrogens is 481 g/mol. The second kappa shape index (κ2) is 9.96. The third-order valence-corrected chi connectivity index (χ3v) is 6.08. The average molecular weight is 503 g/mol. The molecule has 0 radical (unpaired) electrons. The summed E-state index contributed by atoms with van der Waals surface area (Å²) in [6, 6.07) is 14.2. The Morgan fingerprint density at radius 3 is 2.31 bits per heavy atom. The van der Waals surface area contributed by atoms with Crippen LogP contribution in [0.15, 0.2) is 66.9 Å². The smallest absolute Gasteiger partial charge is 0.406 e. The van der Waals surface area contributed by atoms with E-state index in [1.807, 2.05) is 6.92 Å². The summed E-state index contributed by atoms with van der Waals surface area (Å²) in [6.45, 7) is 2.01. The molecule has 4 rings (SSSR count). The van der Waals surface area contributed by atoms with Crippen molar-refractivity contribution in [1.29, 1.82) is 0 Å². The number of hydrogen-bond donors (Lipinski definition) is 1. The van der Waals surface area contributed by atoms with Crippen LogP contribution in [0.1, 0.15) is 29.7 Å². The second-order valence-corrected chi connectivity index (χ2v) is 8.53. The summed E-state index contributed by atoms with van der Waals surface area (Å²) in [7, 11) is 0. The van der Waals surface area contributed by atoms with Crippen LogP contribution in [0.2, 0.25) is 0 Å². The van der Waals surface area contributed by atoms with Crippen LogP contribution < -0.4 is 10.5 Å². The molecule has 2 aromatic heterocycles. The highest BCUT2D eigenvalue weighted by Crippen LogP contribution is 2.31. The van der Waals surface area contributed by atoms with Crippen molar-refractivity contribution in [3.63, 3.8) is 0 Å². The molecule has 2 N–H and O–H groups in total. The Balaban J connectivity index is 1.68. The van der Waals surface area contributed by atoms with Gasteiger partial charge in [-0.15, -0.1) is 13.2 Å². The normalized spacial score (nSPS) is 13.5. The van der Waals surface area contributed by atoms with Crippen LogP contribution in [0.25, 0.3) is 11.0 Å². The van der Waals surface area contributed by atoms with Gasteiger partial charge in [-0.1, -0.05) is 31.2 Å². The van der Waals surface area contributed by atoms with E-state index in [1.165, 1.54) is 42.5 Å². The summed E-state index contributed by atoms with van der Waals surface area (Å²) in [5.41, 5.74) is 8.18. The number of halogens is 5. The van der Waals surface area contributed by atoms with Crippen molar-refractivity contribution in [2.24, 2.45) is 11.7 Å². The lowest BCUT2D eigenvalue weighted by Gasteiger charge is -2.22. The molecule has 188 valence electrons. The SMILES string of the molecule is C[C@H](c1ccc(F)cc1)C(Cc1cc2cc(F)cnc2n1Cc1ccc(OC(F)(F)F)cc1)C(N)=O. The molecule has 1 amide bonds. The third kappa shape index (κ3) is 5.81. The van der Waals surface area contributed by atoms with Crippen LogP contribution in [-0.4, -0.2) is 21.8 Å². The van der Waals surface area contributed by atoms with Gasteiger partial charge in [-0.05, 0) is 59.9 Å². The first-order chi connectivity index (χ1) is 17.0. The van der Waals surface area contributed by atoms with Crippen LogP contribution in [-0.2, 0) is 17.8 Å². The Morgan fingerprint density at radius 2 is 1.69 bits per heavy atom. The number of pyridine rings is 1. The van der Waals surface area contributed by atoms with Gasteiger partial charge in [0.2, 0.25) is 5.91 Å². The van der Waals surface area contributed by atoms with Gasteiger partial charge in [0.25, 0.3) is 0 Å². The van der Waals surface area contributed by atoms with E-state index in [2.05, 4.69) is 9.72 Å². The van der Waals surface area contributed by atoms with Gasteiger partial charge in [0.15, 0.2) is 0 Å². The van der Waals surface area contributed by atoms with E-state index < -0.39 is 29.8 Å². The van der Waals surface area contributed by atoms with Crippen LogP contribution >= 0.6 is 0 Å². The zero-order valence-electron chi connectivity index (χ0n) is 19.1. The zero-order valence-corrected chi connectivity index (χ0v) is 19.1.